The second-order valence-corrected chi connectivity index (χ2v) is 9.13. The summed E-state index contributed by atoms with van der Waals surface area (Å²) in [5.41, 5.74) is 1.55. The van der Waals surface area contributed by atoms with Crippen molar-refractivity contribution < 1.29 is 31.2 Å². The molecule has 0 saturated carbocycles. The number of halogens is 3. The molecular weight excluding hydrogens is 435 g/mol. The van der Waals surface area contributed by atoms with E-state index in [1.54, 1.807) is 24.3 Å². The summed E-state index contributed by atoms with van der Waals surface area (Å²) in [5.74, 6) is -2.35. The molecule has 0 bridgehead atoms. The van der Waals surface area contributed by atoms with Crippen molar-refractivity contribution in [1.29, 1.82) is 0 Å². The molecule has 7 nitrogen and oxygen atoms in total. The molecule has 0 spiro atoms. The Hall–Kier alpha value is -2.92. The Morgan fingerprint density at radius 3 is 2.35 bits per heavy atom. The third-order valence-electron chi connectivity index (χ3n) is 5.11. The van der Waals surface area contributed by atoms with Gasteiger partial charge in [0.25, 0.3) is 0 Å². The molecule has 3 aromatic rings. The van der Waals surface area contributed by atoms with Gasteiger partial charge >= 0.3 is 12.1 Å². The van der Waals surface area contributed by atoms with Crippen molar-refractivity contribution in [1.82, 2.24) is 14.0 Å². The number of benzene rings is 1. The van der Waals surface area contributed by atoms with Gasteiger partial charge in [-0.15, -0.1) is 0 Å². The summed E-state index contributed by atoms with van der Waals surface area (Å²) in [5, 5.41) is 0.463. The smallest absolute Gasteiger partial charge is 0.326 e. The number of fused-ring (bicyclic) bond motifs is 1. The number of alkyl halides is 3. The summed E-state index contributed by atoms with van der Waals surface area (Å²) in [6.45, 7) is 2.48. The first-order valence-electron chi connectivity index (χ1n) is 9.46. The summed E-state index contributed by atoms with van der Waals surface area (Å²) in [6.07, 6.45) is -2.09. The van der Waals surface area contributed by atoms with Gasteiger partial charge in [-0.2, -0.15) is 22.2 Å². The maximum absolute atomic E-state index is 12.7. The minimum absolute atomic E-state index is 0.0429. The Morgan fingerprint density at radius 1 is 1.10 bits per heavy atom. The normalized spacial score (nSPS) is 15.5. The van der Waals surface area contributed by atoms with Gasteiger partial charge < -0.3 is 4.84 Å². The highest BCUT2D eigenvalue weighted by molar-refractivity contribution is 7.89. The molecule has 0 unspecified atom stereocenters. The summed E-state index contributed by atoms with van der Waals surface area (Å²) < 4.78 is 65.4. The molecule has 0 atom stereocenters. The Labute approximate surface area is 176 Å². The van der Waals surface area contributed by atoms with Gasteiger partial charge in [0.15, 0.2) is 5.65 Å². The van der Waals surface area contributed by atoms with E-state index in [0.717, 1.165) is 17.6 Å². The lowest BCUT2D eigenvalue weighted by atomic mass is 10.0. The van der Waals surface area contributed by atoms with E-state index in [-0.39, 0.29) is 16.2 Å². The van der Waals surface area contributed by atoms with Gasteiger partial charge in [0, 0.05) is 24.7 Å². The van der Waals surface area contributed by atoms with Crippen molar-refractivity contribution in [2.24, 2.45) is 0 Å². The van der Waals surface area contributed by atoms with E-state index >= 15 is 0 Å². The molecule has 164 valence electrons. The number of pyridine rings is 1. The van der Waals surface area contributed by atoms with Crippen molar-refractivity contribution >= 4 is 27.0 Å². The molecule has 1 aliphatic heterocycles. The SMILES string of the molecule is Cc1cc2c(-c3ccc(S(=O)(=O)N4CCCC4)cc3)ccnc2n1OC(=O)C(F)(F)F. The summed E-state index contributed by atoms with van der Waals surface area (Å²) in [6, 6.07) is 9.47. The highest BCUT2D eigenvalue weighted by atomic mass is 32.2. The van der Waals surface area contributed by atoms with Gasteiger partial charge in [-0.1, -0.05) is 12.1 Å². The van der Waals surface area contributed by atoms with E-state index in [1.165, 1.54) is 29.6 Å². The number of nitrogens with zero attached hydrogens (tertiary/aromatic N) is 3. The van der Waals surface area contributed by atoms with Crippen molar-refractivity contribution in [2.45, 2.75) is 30.8 Å². The molecule has 0 N–H and O–H groups in total. The zero-order chi connectivity index (χ0) is 22.4. The molecular formula is C20H18F3N3O4S. The molecule has 11 heteroatoms. The molecule has 1 aliphatic rings. The van der Waals surface area contributed by atoms with Crippen LogP contribution in [0.1, 0.15) is 18.5 Å². The molecule has 2 aromatic heterocycles. The summed E-state index contributed by atoms with van der Waals surface area (Å²) in [7, 11) is -3.56. The lowest BCUT2D eigenvalue weighted by molar-refractivity contribution is -0.199. The number of aromatic nitrogens is 2. The quantitative estimate of drug-likeness (QED) is 0.606. The monoisotopic (exact) mass is 453 g/mol. The zero-order valence-corrected chi connectivity index (χ0v) is 17.2. The lowest BCUT2D eigenvalue weighted by Crippen LogP contribution is -2.33. The molecule has 4 rings (SSSR count). The summed E-state index contributed by atoms with van der Waals surface area (Å²) >= 11 is 0. The first-order chi connectivity index (χ1) is 14.6. The minimum Gasteiger partial charge on any atom is -0.326 e. The topological polar surface area (TPSA) is 81.5 Å². The van der Waals surface area contributed by atoms with Crippen LogP contribution < -0.4 is 4.84 Å². The first kappa shape index (κ1) is 21.3. The number of carbonyl (C=O) groups excluding carboxylic acids is 1. The third-order valence-corrected chi connectivity index (χ3v) is 7.02. The Kier molecular flexibility index (Phi) is 5.26. The second kappa shape index (κ2) is 7.65. The van der Waals surface area contributed by atoms with Crippen molar-refractivity contribution in [2.75, 3.05) is 13.1 Å². The van der Waals surface area contributed by atoms with Crippen molar-refractivity contribution in [3.8, 4) is 11.1 Å². The van der Waals surface area contributed by atoms with Crippen LogP contribution in [0, 0.1) is 6.92 Å². The number of hydrogen-bond acceptors (Lipinski definition) is 5. The average Bonchev–Trinajstić information content (AvgIpc) is 3.36. The fourth-order valence-electron chi connectivity index (χ4n) is 3.59. The number of hydrogen-bond donors (Lipinski definition) is 0. The fraction of sp³-hybridized carbons (Fsp3) is 0.300. The predicted molar refractivity (Wildman–Crippen MR) is 106 cm³/mol. The van der Waals surface area contributed by atoms with Crippen LogP contribution in [-0.4, -0.2) is 47.7 Å². The van der Waals surface area contributed by atoms with Crippen LogP contribution in [0.25, 0.3) is 22.2 Å². The maximum atomic E-state index is 12.7. The molecule has 0 radical (unpaired) electrons. The molecule has 3 heterocycles. The van der Waals surface area contributed by atoms with Gasteiger partial charge in [0.2, 0.25) is 10.0 Å². The molecule has 1 aromatic carbocycles. The van der Waals surface area contributed by atoms with Crippen molar-refractivity contribution in [3.05, 3.63) is 48.3 Å². The highest BCUT2D eigenvalue weighted by Gasteiger charge is 2.42. The maximum Gasteiger partial charge on any atom is 0.493 e. The first-order valence-corrected chi connectivity index (χ1v) is 10.9. The van der Waals surface area contributed by atoms with Crippen LogP contribution in [0.4, 0.5) is 13.2 Å². The van der Waals surface area contributed by atoms with Gasteiger partial charge in [-0.3, -0.25) is 0 Å². The number of sulfonamides is 1. The van der Waals surface area contributed by atoms with E-state index in [4.69, 9.17) is 0 Å². The second-order valence-electron chi connectivity index (χ2n) is 7.19. The zero-order valence-electron chi connectivity index (χ0n) is 16.4. The Bertz CT molecular complexity index is 1250. The standard InChI is InChI=1S/C20H18F3N3O4S/c1-13-12-17-16(8-9-24-18(17)26(13)30-19(27)20(21,22)23)14-4-6-15(7-5-14)31(28,29)25-10-2-3-11-25/h4-9,12H,2-3,10-11H2,1H3. The summed E-state index contributed by atoms with van der Waals surface area (Å²) in [4.78, 5) is 20.0. The molecule has 31 heavy (non-hydrogen) atoms. The van der Waals surface area contributed by atoms with Crippen LogP contribution in [0.15, 0.2) is 47.5 Å². The minimum atomic E-state index is -5.14. The van der Waals surface area contributed by atoms with Crippen LogP contribution in [0.2, 0.25) is 0 Å². The van der Waals surface area contributed by atoms with Gasteiger partial charge in [-0.25, -0.2) is 18.2 Å². The average molecular weight is 453 g/mol. The molecule has 1 fully saturated rings. The number of rotatable bonds is 4. The van der Waals surface area contributed by atoms with Gasteiger partial charge in [-0.05, 0) is 55.2 Å². The highest BCUT2D eigenvalue weighted by Crippen LogP contribution is 2.31. The molecule has 0 amide bonds. The van der Waals surface area contributed by atoms with Crippen LogP contribution in [0.3, 0.4) is 0 Å². The van der Waals surface area contributed by atoms with Gasteiger partial charge in [0.05, 0.1) is 10.6 Å². The van der Waals surface area contributed by atoms with E-state index in [2.05, 4.69) is 9.82 Å². The van der Waals surface area contributed by atoms with E-state index in [0.29, 0.717) is 29.6 Å². The fourth-order valence-corrected chi connectivity index (χ4v) is 5.10. The number of aryl methyl sites for hydroxylation is 1. The predicted octanol–water partition coefficient (Wildman–Crippen LogP) is 3.31. The lowest BCUT2D eigenvalue weighted by Gasteiger charge is -2.15. The van der Waals surface area contributed by atoms with Crippen molar-refractivity contribution in [3.63, 3.8) is 0 Å². The van der Waals surface area contributed by atoms with Crippen LogP contribution in [0.5, 0.6) is 0 Å². The van der Waals surface area contributed by atoms with E-state index in [1.807, 2.05) is 0 Å². The van der Waals surface area contributed by atoms with Gasteiger partial charge in [0.1, 0.15) is 0 Å². The molecule has 1 saturated heterocycles. The Balaban J connectivity index is 1.70. The number of carbonyl (C=O) groups is 1. The largest absolute Gasteiger partial charge is 0.493 e. The van der Waals surface area contributed by atoms with E-state index in [9.17, 15) is 26.4 Å². The Morgan fingerprint density at radius 2 is 1.74 bits per heavy atom. The van der Waals surface area contributed by atoms with E-state index < -0.39 is 22.2 Å². The van der Waals surface area contributed by atoms with Crippen LogP contribution >= 0.6 is 0 Å². The third kappa shape index (κ3) is 3.90. The van der Waals surface area contributed by atoms with Crippen LogP contribution in [-0.2, 0) is 14.8 Å². The molecule has 0 aliphatic carbocycles.